The fourth-order valence-corrected chi connectivity index (χ4v) is 5.29. The van der Waals surface area contributed by atoms with Gasteiger partial charge in [-0.15, -0.1) is 0 Å². The van der Waals surface area contributed by atoms with Crippen LogP contribution in [0.3, 0.4) is 0 Å². The lowest BCUT2D eigenvalue weighted by Crippen LogP contribution is -2.42. The van der Waals surface area contributed by atoms with Crippen LogP contribution in [0.15, 0.2) is 60.7 Å². The first kappa shape index (κ1) is 22.5. The van der Waals surface area contributed by atoms with E-state index in [1.54, 1.807) is 11.0 Å². The predicted molar refractivity (Wildman–Crippen MR) is 135 cm³/mol. The van der Waals surface area contributed by atoms with Crippen LogP contribution in [-0.2, 0) is 16.8 Å². The van der Waals surface area contributed by atoms with Crippen LogP contribution in [0.4, 0.5) is 5.69 Å². The van der Waals surface area contributed by atoms with Crippen molar-refractivity contribution in [2.24, 2.45) is 5.92 Å². The van der Waals surface area contributed by atoms with Gasteiger partial charge in [-0.25, -0.2) is 0 Å². The number of carbonyl (C=O) groups is 2. The average Bonchev–Trinajstić information content (AvgIpc) is 3.55. The standard InChI is InChI=1S/C29H28N2O5/c1-18(2)10-11-30-27(32)20-7-5-6-19(12-20)15-31-23-9-4-3-8-21(23)29(28(31)33)16-34-24-14-26-25(13-22(24)29)35-17-36-26/h3-9,12-14,18H,10-11,15-17H2,1-2H3,(H,30,32). The average molecular weight is 485 g/mol. The monoisotopic (exact) mass is 484 g/mol. The molecule has 0 saturated heterocycles. The van der Waals surface area contributed by atoms with E-state index in [-0.39, 0.29) is 25.2 Å². The Morgan fingerprint density at radius 2 is 1.78 bits per heavy atom. The smallest absolute Gasteiger partial charge is 0.251 e. The maximum Gasteiger partial charge on any atom is 0.251 e. The van der Waals surface area contributed by atoms with E-state index in [1.165, 1.54) is 0 Å². The number of rotatable bonds is 6. The van der Waals surface area contributed by atoms with Gasteiger partial charge in [0.2, 0.25) is 12.7 Å². The second-order valence-corrected chi connectivity index (χ2v) is 9.94. The first-order chi connectivity index (χ1) is 17.5. The van der Waals surface area contributed by atoms with Crippen molar-refractivity contribution in [1.29, 1.82) is 0 Å². The lowest BCUT2D eigenvalue weighted by atomic mass is 9.77. The van der Waals surface area contributed by atoms with Crippen LogP contribution in [0.5, 0.6) is 17.2 Å². The van der Waals surface area contributed by atoms with Gasteiger partial charge in [0.05, 0.1) is 6.54 Å². The summed E-state index contributed by atoms with van der Waals surface area (Å²) in [6.45, 7) is 5.63. The molecule has 1 N–H and O–H groups in total. The number of anilines is 1. The summed E-state index contributed by atoms with van der Waals surface area (Å²) in [5, 5.41) is 2.99. The highest BCUT2D eigenvalue weighted by atomic mass is 16.7. The summed E-state index contributed by atoms with van der Waals surface area (Å²) in [5.74, 6) is 2.27. The van der Waals surface area contributed by atoms with E-state index in [0.717, 1.165) is 28.8 Å². The van der Waals surface area contributed by atoms with Crippen LogP contribution in [0.1, 0.15) is 47.3 Å². The Hall–Kier alpha value is -4.00. The van der Waals surface area contributed by atoms with Crippen LogP contribution in [0.25, 0.3) is 0 Å². The molecule has 0 aliphatic carbocycles. The molecule has 0 saturated carbocycles. The minimum Gasteiger partial charge on any atom is -0.491 e. The van der Waals surface area contributed by atoms with Crippen molar-refractivity contribution in [2.75, 3.05) is 24.8 Å². The lowest BCUT2D eigenvalue weighted by molar-refractivity contribution is -0.122. The molecule has 3 heterocycles. The number of hydrogen-bond donors (Lipinski definition) is 1. The Bertz CT molecular complexity index is 1370. The highest BCUT2D eigenvalue weighted by Gasteiger charge is 2.57. The van der Waals surface area contributed by atoms with E-state index >= 15 is 0 Å². The van der Waals surface area contributed by atoms with Crippen molar-refractivity contribution in [2.45, 2.75) is 32.2 Å². The molecule has 0 bridgehead atoms. The molecule has 1 spiro atoms. The molecule has 3 aromatic carbocycles. The zero-order valence-corrected chi connectivity index (χ0v) is 20.4. The van der Waals surface area contributed by atoms with Crippen molar-refractivity contribution in [3.05, 3.63) is 82.9 Å². The second kappa shape index (κ2) is 8.59. The highest BCUT2D eigenvalue weighted by molar-refractivity contribution is 6.11. The highest BCUT2D eigenvalue weighted by Crippen LogP contribution is 2.55. The van der Waals surface area contributed by atoms with Crippen molar-refractivity contribution in [3.63, 3.8) is 0 Å². The van der Waals surface area contributed by atoms with Gasteiger partial charge in [0, 0.05) is 29.4 Å². The van der Waals surface area contributed by atoms with Gasteiger partial charge in [-0.2, -0.15) is 0 Å². The lowest BCUT2D eigenvalue weighted by Gasteiger charge is -2.23. The maximum atomic E-state index is 14.2. The van der Waals surface area contributed by atoms with Gasteiger partial charge >= 0.3 is 0 Å². The summed E-state index contributed by atoms with van der Waals surface area (Å²) in [5.41, 5.74) is 3.09. The van der Waals surface area contributed by atoms with Gasteiger partial charge in [0.1, 0.15) is 17.8 Å². The maximum absolute atomic E-state index is 14.2. The SMILES string of the molecule is CC(C)CCNC(=O)c1cccc(CN2C(=O)C3(COc4cc5c(cc43)OCO5)c3ccccc32)c1. The van der Waals surface area contributed by atoms with Crippen molar-refractivity contribution in [3.8, 4) is 17.2 Å². The molecular formula is C29H28N2O5. The number of fused-ring (bicyclic) bond motifs is 5. The first-order valence-electron chi connectivity index (χ1n) is 12.3. The number of nitrogens with zero attached hydrogens (tertiary/aromatic N) is 1. The van der Waals surface area contributed by atoms with E-state index in [2.05, 4.69) is 19.2 Å². The molecule has 0 fully saturated rings. The van der Waals surface area contributed by atoms with Gasteiger partial charge in [0.15, 0.2) is 11.5 Å². The minimum absolute atomic E-state index is 0.0481. The minimum atomic E-state index is -0.946. The molecular weight excluding hydrogens is 456 g/mol. The molecule has 3 aliphatic rings. The number of nitrogens with one attached hydrogen (secondary N) is 1. The topological polar surface area (TPSA) is 77.1 Å². The molecule has 7 nitrogen and oxygen atoms in total. The van der Waals surface area contributed by atoms with Crippen LogP contribution < -0.4 is 24.4 Å². The molecule has 36 heavy (non-hydrogen) atoms. The number of ether oxygens (including phenoxy) is 3. The molecule has 0 aromatic heterocycles. The quantitative estimate of drug-likeness (QED) is 0.561. The number of para-hydroxylation sites is 1. The molecule has 6 rings (SSSR count). The molecule has 1 atom stereocenters. The molecule has 1 unspecified atom stereocenters. The van der Waals surface area contributed by atoms with E-state index < -0.39 is 5.41 Å². The molecule has 3 aromatic rings. The fourth-order valence-electron chi connectivity index (χ4n) is 5.29. The molecule has 3 aliphatic heterocycles. The molecule has 2 amide bonds. The van der Waals surface area contributed by atoms with E-state index in [1.807, 2.05) is 54.6 Å². The van der Waals surface area contributed by atoms with Gasteiger partial charge < -0.3 is 24.4 Å². The number of amides is 2. The third-order valence-electron chi connectivity index (χ3n) is 7.18. The molecule has 184 valence electrons. The second-order valence-electron chi connectivity index (χ2n) is 9.94. The molecule has 0 radical (unpaired) electrons. The number of carbonyl (C=O) groups excluding carboxylic acids is 2. The van der Waals surface area contributed by atoms with E-state index in [9.17, 15) is 9.59 Å². The summed E-state index contributed by atoms with van der Waals surface area (Å²) < 4.78 is 17.2. The van der Waals surface area contributed by atoms with Crippen LogP contribution in [0, 0.1) is 5.92 Å². The van der Waals surface area contributed by atoms with Crippen molar-refractivity contribution < 1.29 is 23.8 Å². The summed E-state index contributed by atoms with van der Waals surface area (Å²) in [7, 11) is 0. The molecule has 7 heteroatoms. The number of benzene rings is 3. The summed E-state index contributed by atoms with van der Waals surface area (Å²) in [4.78, 5) is 28.7. The zero-order valence-electron chi connectivity index (χ0n) is 20.4. The van der Waals surface area contributed by atoms with Gasteiger partial charge in [-0.1, -0.05) is 44.2 Å². The van der Waals surface area contributed by atoms with Gasteiger partial charge in [-0.3, -0.25) is 9.59 Å². The Morgan fingerprint density at radius 1 is 0.972 bits per heavy atom. The van der Waals surface area contributed by atoms with Gasteiger partial charge in [-0.05, 0) is 47.7 Å². The van der Waals surface area contributed by atoms with Gasteiger partial charge in [0.25, 0.3) is 5.91 Å². The summed E-state index contributed by atoms with van der Waals surface area (Å²) >= 11 is 0. The van der Waals surface area contributed by atoms with E-state index in [4.69, 9.17) is 14.2 Å². The van der Waals surface area contributed by atoms with Crippen LogP contribution >= 0.6 is 0 Å². The predicted octanol–water partition coefficient (Wildman–Crippen LogP) is 4.42. The summed E-state index contributed by atoms with van der Waals surface area (Å²) in [6.07, 6.45) is 0.927. The third-order valence-corrected chi connectivity index (χ3v) is 7.18. The third kappa shape index (κ3) is 3.49. The van der Waals surface area contributed by atoms with Crippen molar-refractivity contribution >= 4 is 17.5 Å². The Kier molecular flexibility index (Phi) is 5.36. The fraction of sp³-hybridized carbons (Fsp3) is 0.310. The van der Waals surface area contributed by atoms with Crippen LogP contribution in [-0.4, -0.2) is 31.8 Å². The first-order valence-corrected chi connectivity index (χ1v) is 12.3. The Morgan fingerprint density at radius 3 is 2.61 bits per heavy atom. The zero-order chi connectivity index (χ0) is 24.9. The Balaban J connectivity index is 1.32. The van der Waals surface area contributed by atoms with Crippen LogP contribution in [0.2, 0.25) is 0 Å². The summed E-state index contributed by atoms with van der Waals surface area (Å²) in [6, 6.07) is 19.0. The Labute approximate surface area is 210 Å². The van der Waals surface area contributed by atoms with Crippen molar-refractivity contribution in [1.82, 2.24) is 5.32 Å². The van der Waals surface area contributed by atoms with E-state index in [0.29, 0.717) is 41.8 Å². The number of hydrogen-bond acceptors (Lipinski definition) is 5. The largest absolute Gasteiger partial charge is 0.491 e. The normalized spacial score (nSPS) is 19.0.